The Labute approximate surface area is 363 Å². The average molecular weight is 806 g/mol. The van der Waals surface area contributed by atoms with Gasteiger partial charge in [-0.3, -0.25) is 0 Å². The van der Waals surface area contributed by atoms with Gasteiger partial charge in [0.05, 0.1) is 5.41 Å². The van der Waals surface area contributed by atoms with Gasteiger partial charge in [0.15, 0.2) is 17.5 Å². The first-order chi connectivity index (χ1) is 30.7. The van der Waals surface area contributed by atoms with E-state index >= 15 is 0 Å². The summed E-state index contributed by atoms with van der Waals surface area (Å²) in [5, 5.41) is 2.58. The third kappa shape index (κ3) is 5.14. The summed E-state index contributed by atoms with van der Waals surface area (Å²) in [6.45, 7) is 0. The first-order valence-electron chi connectivity index (χ1n) is 21.1. The summed E-state index contributed by atoms with van der Waals surface area (Å²) in [6.07, 6.45) is 0. The van der Waals surface area contributed by atoms with E-state index in [2.05, 4.69) is 194 Å². The first kappa shape index (κ1) is 35.0. The Morgan fingerprint density at radius 3 is 1.42 bits per heavy atom. The van der Waals surface area contributed by atoms with Crippen LogP contribution in [0.15, 0.2) is 212 Å². The Morgan fingerprint density at radius 2 is 0.742 bits per heavy atom. The highest BCUT2D eigenvalue weighted by atomic mass is 32.1. The van der Waals surface area contributed by atoms with E-state index in [-0.39, 0.29) is 5.41 Å². The van der Waals surface area contributed by atoms with Gasteiger partial charge in [-0.15, -0.1) is 11.3 Å². The highest BCUT2D eigenvalue weighted by Gasteiger charge is 2.51. The summed E-state index contributed by atoms with van der Waals surface area (Å²) in [4.78, 5) is 15.5. The fourth-order valence-electron chi connectivity index (χ4n) is 10.3. The zero-order valence-corrected chi connectivity index (χ0v) is 34.3. The minimum Gasteiger partial charge on any atom is -0.208 e. The Balaban J connectivity index is 0.922. The van der Waals surface area contributed by atoms with Crippen LogP contribution >= 0.6 is 11.3 Å². The Bertz CT molecular complexity index is 3520. The molecule has 0 radical (unpaired) electrons. The largest absolute Gasteiger partial charge is 0.208 e. The molecule has 0 N–H and O–H groups in total. The van der Waals surface area contributed by atoms with Gasteiger partial charge in [-0.2, -0.15) is 0 Å². The van der Waals surface area contributed by atoms with Crippen LogP contribution in [0, 0.1) is 0 Å². The van der Waals surface area contributed by atoms with Crippen LogP contribution < -0.4 is 0 Å². The van der Waals surface area contributed by atoms with E-state index in [4.69, 9.17) is 15.0 Å². The van der Waals surface area contributed by atoms with E-state index in [0.29, 0.717) is 17.5 Å². The molecule has 62 heavy (non-hydrogen) atoms. The number of rotatable bonds is 5. The molecule has 0 saturated carbocycles. The molecule has 2 aliphatic rings. The molecule has 0 unspecified atom stereocenters. The fourth-order valence-corrected chi connectivity index (χ4v) is 11.4. The van der Waals surface area contributed by atoms with Gasteiger partial charge < -0.3 is 0 Å². The molecule has 0 amide bonds. The predicted octanol–water partition coefficient (Wildman–Crippen LogP) is 14.9. The third-order valence-corrected chi connectivity index (χ3v) is 14.1. The Kier molecular flexibility index (Phi) is 7.69. The molecule has 4 heteroatoms. The van der Waals surface area contributed by atoms with Crippen molar-refractivity contribution < 1.29 is 0 Å². The molecule has 0 saturated heterocycles. The van der Waals surface area contributed by atoms with Crippen molar-refractivity contribution in [3.8, 4) is 78.7 Å². The van der Waals surface area contributed by atoms with Gasteiger partial charge in [0.1, 0.15) is 0 Å². The maximum absolute atomic E-state index is 5.23. The molecule has 0 aliphatic heterocycles. The molecular weight excluding hydrogens is 771 g/mol. The van der Waals surface area contributed by atoms with E-state index in [9.17, 15) is 0 Å². The van der Waals surface area contributed by atoms with Gasteiger partial charge in [0, 0.05) is 36.9 Å². The molecule has 0 fully saturated rings. The Hall–Kier alpha value is -7.79. The summed E-state index contributed by atoms with van der Waals surface area (Å²) in [5.74, 6) is 1.92. The number of fused-ring (bicyclic) bond motifs is 13. The van der Waals surface area contributed by atoms with Crippen LogP contribution in [0.2, 0.25) is 0 Å². The van der Waals surface area contributed by atoms with Gasteiger partial charge >= 0.3 is 0 Å². The summed E-state index contributed by atoms with van der Waals surface area (Å²) in [5.41, 5.74) is 17.6. The summed E-state index contributed by atoms with van der Waals surface area (Å²) >= 11 is 1.83. The van der Waals surface area contributed by atoms with Crippen LogP contribution in [0.5, 0.6) is 0 Å². The summed E-state index contributed by atoms with van der Waals surface area (Å²) in [7, 11) is 0. The van der Waals surface area contributed by atoms with E-state index in [0.717, 1.165) is 33.4 Å². The highest BCUT2D eigenvalue weighted by Crippen LogP contribution is 2.63. The average Bonchev–Trinajstić information content (AvgIpc) is 3.98. The third-order valence-electron chi connectivity index (χ3n) is 13.0. The van der Waals surface area contributed by atoms with Crippen molar-refractivity contribution in [2.75, 3.05) is 0 Å². The second-order valence-electron chi connectivity index (χ2n) is 16.3. The fraction of sp³-hybridized carbons (Fsp3) is 0.0172. The van der Waals surface area contributed by atoms with Crippen LogP contribution in [-0.2, 0) is 5.41 Å². The molecule has 288 valence electrons. The predicted molar refractivity (Wildman–Crippen MR) is 256 cm³/mol. The molecule has 1 spiro atoms. The standard InChI is InChI=1S/C58H35N3S/c1-2-14-37(15-3-1)55-59-56(61-57(60-55)48-21-5-4-16-41(48)40-31-33-47-46-20-9-13-25-53(46)62-54(47)35-40)38-28-26-36(27-29-38)39-30-32-45-44-19-8-12-24-51(44)58(52(45)34-39)49-22-10-6-17-42(49)43-18-7-11-23-50(43)58/h1-35H. The van der Waals surface area contributed by atoms with Crippen LogP contribution in [0.3, 0.4) is 0 Å². The lowest BCUT2D eigenvalue weighted by atomic mass is 9.70. The van der Waals surface area contributed by atoms with Crippen LogP contribution in [0.25, 0.3) is 98.8 Å². The second kappa shape index (κ2) is 13.6. The molecule has 2 aromatic heterocycles. The lowest BCUT2D eigenvalue weighted by Crippen LogP contribution is -2.25. The van der Waals surface area contributed by atoms with Gasteiger partial charge in [-0.25, -0.2) is 15.0 Å². The van der Waals surface area contributed by atoms with Gasteiger partial charge in [0.25, 0.3) is 0 Å². The van der Waals surface area contributed by atoms with Crippen molar-refractivity contribution >= 4 is 31.5 Å². The van der Waals surface area contributed by atoms with E-state index in [1.807, 2.05) is 29.5 Å². The Morgan fingerprint density at radius 1 is 0.274 bits per heavy atom. The van der Waals surface area contributed by atoms with Crippen LogP contribution in [0.4, 0.5) is 0 Å². The smallest absolute Gasteiger partial charge is 0.164 e. The highest BCUT2D eigenvalue weighted by molar-refractivity contribution is 7.25. The van der Waals surface area contributed by atoms with Crippen LogP contribution in [-0.4, -0.2) is 15.0 Å². The van der Waals surface area contributed by atoms with Crippen molar-refractivity contribution in [3.05, 3.63) is 235 Å². The van der Waals surface area contributed by atoms with Crippen LogP contribution in [0.1, 0.15) is 22.3 Å². The number of thiophene rings is 1. The number of hydrogen-bond acceptors (Lipinski definition) is 4. The molecule has 2 heterocycles. The van der Waals surface area contributed by atoms with Gasteiger partial charge in [-0.1, -0.05) is 194 Å². The molecule has 0 atom stereocenters. The van der Waals surface area contributed by atoms with Crippen molar-refractivity contribution in [1.82, 2.24) is 15.0 Å². The molecule has 13 rings (SSSR count). The zero-order valence-electron chi connectivity index (χ0n) is 33.5. The topological polar surface area (TPSA) is 38.7 Å². The maximum atomic E-state index is 5.23. The lowest BCUT2D eigenvalue weighted by Gasteiger charge is -2.30. The maximum Gasteiger partial charge on any atom is 0.164 e. The normalized spacial score (nSPS) is 13.0. The minimum absolute atomic E-state index is 0.385. The number of nitrogens with zero attached hydrogens (tertiary/aromatic N) is 3. The minimum atomic E-state index is -0.385. The monoisotopic (exact) mass is 805 g/mol. The molecule has 9 aromatic carbocycles. The summed E-state index contributed by atoms with van der Waals surface area (Å²) < 4.78 is 2.56. The zero-order chi connectivity index (χ0) is 40.8. The summed E-state index contributed by atoms with van der Waals surface area (Å²) in [6, 6.07) is 76.8. The van der Waals surface area contributed by atoms with Gasteiger partial charge in [-0.05, 0) is 85.0 Å². The van der Waals surface area contributed by atoms with Crippen molar-refractivity contribution in [2.45, 2.75) is 5.41 Å². The lowest BCUT2D eigenvalue weighted by molar-refractivity contribution is 0.794. The number of benzene rings is 9. The molecule has 3 nitrogen and oxygen atoms in total. The van der Waals surface area contributed by atoms with Crippen molar-refractivity contribution in [1.29, 1.82) is 0 Å². The second-order valence-corrected chi connectivity index (χ2v) is 17.3. The molecule has 0 bridgehead atoms. The van der Waals surface area contributed by atoms with E-state index < -0.39 is 0 Å². The first-order valence-corrected chi connectivity index (χ1v) is 21.9. The number of hydrogen-bond donors (Lipinski definition) is 0. The quantitative estimate of drug-likeness (QED) is 0.174. The SMILES string of the molecule is c1ccc(-c2nc(-c3ccc(-c4ccc5c(c4)C4(c6ccccc6-c6ccccc64)c4ccccc4-5)cc3)nc(-c3ccccc3-c3ccc4c(c3)sc3ccccc34)n2)cc1. The number of aromatic nitrogens is 3. The van der Waals surface area contributed by atoms with Gasteiger partial charge in [0.2, 0.25) is 0 Å². The van der Waals surface area contributed by atoms with E-state index in [1.54, 1.807) is 0 Å². The molecule has 2 aliphatic carbocycles. The molecular formula is C58H35N3S. The molecule has 11 aromatic rings. The van der Waals surface area contributed by atoms with Crippen molar-refractivity contribution in [3.63, 3.8) is 0 Å². The van der Waals surface area contributed by atoms with E-state index in [1.165, 1.54) is 70.2 Å². The van der Waals surface area contributed by atoms with Crippen molar-refractivity contribution in [2.24, 2.45) is 0 Å².